The van der Waals surface area contributed by atoms with Crippen molar-refractivity contribution in [2.24, 2.45) is 0 Å². The third kappa shape index (κ3) is 11.9. The van der Waals surface area contributed by atoms with Gasteiger partial charge in [0.15, 0.2) is 0 Å². The predicted molar refractivity (Wildman–Crippen MR) is 136 cm³/mol. The first-order chi connectivity index (χ1) is 15.3. The Labute approximate surface area is 190 Å². The Kier molecular flexibility index (Phi) is 13.7. The lowest BCUT2D eigenvalue weighted by Gasteiger charge is -2.08. The number of unbranched alkanes of at least 4 members (excludes halogenated alkanes) is 13. The summed E-state index contributed by atoms with van der Waals surface area (Å²) in [5, 5.41) is 8.60. The first-order valence-electron chi connectivity index (χ1n) is 12.8. The van der Waals surface area contributed by atoms with E-state index in [1.807, 2.05) is 30.3 Å². The van der Waals surface area contributed by atoms with Crippen molar-refractivity contribution in [2.45, 2.75) is 96.8 Å². The van der Waals surface area contributed by atoms with Gasteiger partial charge in [-0.25, -0.2) is 0 Å². The van der Waals surface area contributed by atoms with Gasteiger partial charge in [0, 0.05) is 5.69 Å². The quantitative estimate of drug-likeness (QED) is 0.239. The highest BCUT2D eigenvalue weighted by molar-refractivity contribution is 5.95. The molecular formula is C28H44N2O. The molecule has 2 aromatic carbocycles. The molecule has 0 unspecified atom stereocenters. The number of fused-ring (bicyclic) bond motifs is 1. The van der Waals surface area contributed by atoms with Crippen molar-refractivity contribution < 1.29 is 4.79 Å². The van der Waals surface area contributed by atoms with Crippen LogP contribution in [0.2, 0.25) is 0 Å². The summed E-state index contributed by atoms with van der Waals surface area (Å²) in [6, 6.07) is 14.2. The number of hydrogen-bond acceptors (Lipinski definition) is 2. The summed E-state index contributed by atoms with van der Waals surface area (Å²) in [6.45, 7) is 3.58. The van der Waals surface area contributed by atoms with Crippen molar-refractivity contribution >= 4 is 22.4 Å². The zero-order valence-corrected chi connectivity index (χ0v) is 19.8. The van der Waals surface area contributed by atoms with E-state index in [1.54, 1.807) is 0 Å². The van der Waals surface area contributed by atoms with E-state index in [1.165, 1.54) is 88.9 Å². The second-order valence-electron chi connectivity index (χ2n) is 8.88. The minimum Gasteiger partial charge on any atom is -0.325 e. The lowest BCUT2D eigenvalue weighted by Crippen LogP contribution is -2.28. The van der Waals surface area contributed by atoms with Crippen LogP contribution in [0.3, 0.4) is 0 Å². The van der Waals surface area contributed by atoms with Crippen molar-refractivity contribution in [1.82, 2.24) is 5.32 Å². The highest BCUT2D eigenvalue weighted by Gasteiger charge is 2.02. The molecule has 0 bridgehead atoms. The molecule has 0 saturated carbocycles. The van der Waals surface area contributed by atoms with Crippen LogP contribution in [0, 0.1) is 0 Å². The van der Waals surface area contributed by atoms with E-state index in [0.717, 1.165) is 24.0 Å². The van der Waals surface area contributed by atoms with Gasteiger partial charge in [0.1, 0.15) is 0 Å². The molecule has 172 valence electrons. The van der Waals surface area contributed by atoms with Gasteiger partial charge < -0.3 is 10.6 Å². The summed E-state index contributed by atoms with van der Waals surface area (Å²) >= 11 is 0. The van der Waals surface area contributed by atoms with Crippen molar-refractivity contribution in [3.8, 4) is 0 Å². The Morgan fingerprint density at radius 2 is 1.23 bits per heavy atom. The van der Waals surface area contributed by atoms with Crippen molar-refractivity contribution in [3.05, 3.63) is 42.5 Å². The third-order valence-corrected chi connectivity index (χ3v) is 6.03. The molecular weight excluding hydrogens is 380 g/mol. The number of anilines is 1. The summed E-state index contributed by atoms with van der Waals surface area (Å²) < 4.78 is 0. The minimum absolute atomic E-state index is 0.0284. The molecule has 2 rings (SSSR count). The van der Waals surface area contributed by atoms with Gasteiger partial charge in [-0.2, -0.15) is 0 Å². The van der Waals surface area contributed by atoms with Crippen LogP contribution in [0.5, 0.6) is 0 Å². The molecule has 0 atom stereocenters. The van der Waals surface area contributed by atoms with Gasteiger partial charge in [0.25, 0.3) is 0 Å². The van der Waals surface area contributed by atoms with Crippen LogP contribution < -0.4 is 10.6 Å². The molecule has 0 radical (unpaired) electrons. The summed E-state index contributed by atoms with van der Waals surface area (Å²) in [5.74, 6) is 0.0284. The molecule has 0 aliphatic carbocycles. The largest absolute Gasteiger partial charge is 0.325 e. The first-order valence-corrected chi connectivity index (χ1v) is 12.8. The highest BCUT2D eigenvalue weighted by atomic mass is 16.1. The number of carbonyl (C=O) groups excluding carboxylic acids is 1. The Hall–Kier alpha value is -1.87. The van der Waals surface area contributed by atoms with Gasteiger partial charge in [-0.1, -0.05) is 121 Å². The van der Waals surface area contributed by atoms with Gasteiger partial charge in [0.05, 0.1) is 6.54 Å². The Morgan fingerprint density at radius 3 is 1.84 bits per heavy atom. The number of hydrogen-bond donors (Lipinski definition) is 2. The van der Waals surface area contributed by atoms with E-state index in [0.29, 0.717) is 6.54 Å². The molecule has 0 aromatic heterocycles. The van der Waals surface area contributed by atoms with Crippen molar-refractivity contribution in [1.29, 1.82) is 0 Å². The van der Waals surface area contributed by atoms with E-state index < -0.39 is 0 Å². The van der Waals surface area contributed by atoms with E-state index >= 15 is 0 Å². The number of amides is 1. The van der Waals surface area contributed by atoms with Gasteiger partial charge in [-0.05, 0) is 35.9 Å². The maximum absolute atomic E-state index is 12.1. The molecule has 0 saturated heterocycles. The molecule has 0 aliphatic rings. The summed E-state index contributed by atoms with van der Waals surface area (Å²) in [4.78, 5) is 12.1. The van der Waals surface area contributed by atoms with E-state index in [2.05, 4.69) is 29.7 Å². The number of benzene rings is 2. The fourth-order valence-corrected chi connectivity index (χ4v) is 4.12. The summed E-state index contributed by atoms with van der Waals surface area (Å²) in [7, 11) is 0. The standard InChI is InChI=1S/C28H44N2O/c1-2-3-4-5-6-7-8-9-10-11-12-13-14-17-22-29-24-28(31)30-27-21-20-25-18-15-16-19-26(25)23-27/h15-16,18-21,23,29H,2-14,17,22,24H2,1H3,(H,30,31). The van der Waals surface area contributed by atoms with Crippen LogP contribution in [0.25, 0.3) is 10.8 Å². The van der Waals surface area contributed by atoms with Gasteiger partial charge in [-0.15, -0.1) is 0 Å². The molecule has 2 aromatic rings. The van der Waals surface area contributed by atoms with Crippen LogP contribution >= 0.6 is 0 Å². The maximum atomic E-state index is 12.1. The summed E-state index contributed by atoms with van der Waals surface area (Å²) in [5.41, 5.74) is 0.863. The monoisotopic (exact) mass is 424 g/mol. The van der Waals surface area contributed by atoms with E-state index in [4.69, 9.17) is 0 Å². The SMILES string of the molecule is CCCCCCCCCCCCCCCCNCC(=O)Nc1ccc2ccccc2c1. The molecule has 0 aliphatic heterocycles. The van der Waals surface area contributed by atoms with Gasteiger partial charge in [-0.3, -0.25) is 4.79 Å². The molecule has 0 fully saturated rings. The fourth-order valence-electron chi connectivity index (χ4n) is 4.12. The minimum atomic E-state index is 0.0284. The highest BCUT2D eigenvalue weighted by Crippen LogP contribution is 2.18. The van der Waals surface area contributed by atoms with Crippen LogP contribution in [0.1, 0.15) is 96.8 Å². The Balaban J connectivity index is 1.37. The van der Waals surface area contributed by atoms with Gasteiger partial charge >= 0.3 is 0 Å². The zero-order valence-electron chi connectivity index (χ0n) is 19.8. The molecule has 0 spiro atoms. The van der Waals surface area contributed by atoms with Gasteiger partial charge in [0.2, 0.25) is 5.91 Å². The normalized spacial score (nSPS) is 11.1. The first kappa shape index (κ1) is 25.4. The third-order valence-electron chi connectivity index (χ3n) is 6.03. The summed E-state index contributed by atoms with van der Waals surface area (Å²) in [6.07, 6.45) is 19.2. The zero-order chi connectivity index (χ0) is 22.0. The number of rotatable bonds is 18. The predicted octanol–water partition coefficient (Wildman–Crippen LogP) is 7.85. The molecule has 3 heteroatoms. The van der Waals surface area contributed by atoms with Crippen LogP contribution in [-0.2, 0) is 4.79 Å². The van der Waals surface area contributed by atoms with E-state index in [9.17, 15) is 4.79 Å². The fraction of sp³-hybridized carbons (Fsp3) is 0.607. The lowest BCUT2D eigenvalue weighted by molar-refractivity contribution is -0.115. The Morgan fingerprint density at radius 1 is 0.677 bits per heavy atom. The van der Waals surface area contributed by atoms with Crippen LogP contribution in [0.15, 0.2) is 42.5 Å². The smallest absolute Gasteiger partial charge is 0.238 e. The average molecular weight is 425 g/mol. The number of nitrogens with one attached hydrogen (secondary N) is 2. The Bertz CT molecular complexity index is 728. The van der Waals surface area contributed by atoms with Crippen LogP contribution in [-0.4, -0.2) is 19.0 Å². The van der Waals surface area contributed by atoms with Crippen molar-refractivity contribution in [3.63, 3.8) is 0 Å². The molecule has 0 heterocycles. The van der Waals surface area contributed by atoms with E-state index in [-0.39, 0.29) is 5.91 Å². The molecule has 2 N–H and O–H groups in total. The molecule has 31 heavy (non-hydrogen) atoms. The molecule has 3 nitrogen and oxygen atoms in total. The second-order valence-corrected chi connectivity index (χ2v) is 8.88. The van der Waals surface area contributed by atoms with Crippen LogP contribution in [0.4, 0.5) is 5.69 Å². The average Bonchev–Trinajstić information content (AvgIpc) is 2.78. The second kappa shape index (κ2) is 16.8. The topological polar surface area (TPSA) is 41.1 Å². The maximum Gasteiger partial charge on any atom is 0.238 e. The molecule has 1 amide bonds. The number of carbonyl (C=O) groups is 1. The van der Waals surface area contributed by atoms with Crippen molar-refractivity contribution in [2.75, 3.05) is 18.4 Å². The lowest BCUT2D eigenvalue weighted by atomic mass is 10.0.